The lowest BCUT2D eigenvalue weighted by molar-refractivity contribution is -0.143. The average Bonchev–Trinajstić information content (AvgIpc) is 2.65. The SMILES string of the molecule is CC(O)C(=O)N1CCN(C(=O)/C=C/c2cccc3ccccc23)CC1. The Bertz CT molecular complexity index is 800. The van der Waals surface area contributed by atoms with Crippen molar-refractivity contribution in [1.82, 2.24) is 9.80 Å². The molecule has 0 aliphatic carbocycles. The Morgan fingerprint density at radius 1 is 1.00 bits per heavy atom. The van der Waals surface area contributed by atoms with Gasteiger partial charge in [-0.05, 0) is 29.3 Å². The van der Waals surface area contributed by atoms with Crippen molar-refractivity contribution in [3.8, 4) is 0 Å². The maximum Gasteiger partial charge on any atom is 0.251 e. The number of amides is 2. The largest absolute Gasteiger partial charge is 0.384 e. The van der Waals surface area contributed by atoms with Crippen molar-refractivity contribution in [2.75, 3.05) is 26.2 Å². The molecule has 2 amide bonds. The molecule has 1 heterocycles. The summed E-state index contributed by atoms with van der Waals surface area (Å²) in [6.45, 7) is 3.34. The Labute approximate surface area is 147 Å². The summed E-state index contributed by atoms with van der Waals surface area (Å²) in [7, 11) is 0. The first-order valence-corrected chi connectivity index (χ1v) is 8.48. The van der Waals surface area contributed by atoms with Gasteiger partial charge in [-0.15, -0.1) is 0 Å². The number of hydrogen-bond acceptors (Lipinski definition) is 3. The monoisotopic (exact) mass is 338 g/mol. The number of rotatable bonds is 3. The van der Waals surface area contributed by atoms with Crippen molar-refractivity contribution < 1.29 is 14.7 Å². The molecule has 1 saturated heterocycles. The van der Waals surface area contributed by atoms with E-state index >= 15 is 0 Å². The number of nitrogens with zero attached hydrogens (tertiary/aromatic N) is 2. The number of hydrogen-bond donors (Lipinski definition) is 1. The Morgan fingerprint density at radius 2 is 1.64 bits per heavy atom. The van der Waals surface area contributed by atoms with Crippen LogP contribution in [0.2, 0.25) is 0 Å². The minimum absolute atomic E-state index is 0.0583. The molecule has 0 aromatic heterocycles. The van der Waals surface area contributed by atoms with Gasteiger partial charge < -0.3 is 14.9 Å². The van der Waals surface area contributed by atoms with Crippen molar-refractivity contribution in [1.29, 1.82) is 0 Å². The molecule has 5 nitrogen and oxygen atoms in total. The highest BCUT2D eigenvalue weighted by atomic mass is 16.3. The zero-order valence-electron chi connectivity index (χ0n) is 14.3. The van der Waals surface area contributed by atoms with Crippen molar-refractivity contribution in [2.45, 2.75) is 13.0 Å². The summed E-state index contributed by atoms with van der Waals surface area (Å²) in [6.07, 6.45) is 2.44. The molecule has 1 aliphatic heterocycles. The second-order valence-electron chi connectivity index (χ2n) is 6.23. The molecule has 0 radical (unpaired) electrons. The summed E-state index contributed by atoms with van der Waals surface area (Å²) in [6, 6.07) is 14.1. The van der Waals surface area contributed by atoms with E-state index in [1.165, 1.54) is 6.92 Å². The fourth-order valence-electron chi connectivity index (χ4n) is 3.07. The lowest BCUT2D eigenvalue weighted by atomic mass is 10.0. The number of fused-ring (bicyclic) bond motifs is 1. The molecule has 1 atom stereocenters. The summed E-state index contributed by atoms with van der Waals surface area (Å²) in [5.41, 5.74) is 1.01. The predicted molar refractivity (Wildman–Crippen MR) is 97.8 cm³/mol. The van der Waals surface area contributed by atoms with Crippen LogP contribution in [-0.2, 0) is 9.59 Å². The van der Waals surface area contributed by atoms with Crippen molar-refractivity contribution in [2.24, 2.45) is 0 Å². The van der Waals surface area contributed by atoms with Gasteiger partial charge in [-0.3, -0.25) is 9.59 Å². The quantitative estimate of drug-likeness (QED) is 0.870. The Hall–Kier alpha value is -2.66. The molecule has 2 aromatic carbocycles. The fraction of sp³-hybridized carbons (Fsp3) is 0.300. The second kappa shape index (κ2) is 7.49. The van der Waals surface area contributed by atoms with Gasteiger partial charge in [0.2, 0.25) is 5.91 Å². The number of carbonyl (C=O) groups is 2. The highest BCUT2D eigenvalue weighted by Crippen LogP contribution is 2.19. The number of piperazine rings is 1. The molecule has 1 N–H and O–H groups in total. The average molecular weight is 338 g/mol. The van der Waals surface area contributed by atoms with Crippen LogP contribution in [0.25, 0.3) is 16.8 Å². The summed E-state index contributed by atoms with van der Waals surface area (Å²) in [4.78, 5) is 27.5. The number of aliphatic hydroxyl groups excluding tert-OH is 1. The maximum absolute atomic E-state index is 12.4. The summed E-state index contributed by atoms with van der Waals surface area (Å²) in [5, 5.41) is 11.6. The molecule has 1 fully saturated rings. The Kier molecular flexibility index (Phi) is 5.14. The first-order valence-electron chi connectivity index (χ1n) is 8.48. The molecule has 0 spiro atoms. The molecule has 5 heteroatoms. The van der Waals surface area contributed by atoms with Gasteiger partial charge in [-0.25, -0.2) is 0 Å². The molecule has 25 heavy (non-hydrogen) atoms. The van der Waals surface area contributed by atoms with Crippen molar-refractivity contribution >= 4 is 28.7 Å². The van der Waals surface area contributed by atoms with Gasteiger partial charge in [-0.1, -0.05) is 42.5 Å². The smallest absolute Gasteiger partial charge is 0.251 e. The van der Waals surface area contributed by atoms with E-state index in [1.54, 1.807) is 15.9 Å². The van der Waals surface area contributed by atoms with E-state index in [1.807, 2.05) is 48.5 Å². The van der Waals surface area contributed by atoms with Crippen LogP contribution in [0, 0.1) is 0 Å². The number of benzene rings is 2. The van der Waals surface area contributed by atoms with Crippen LogP contribution in [0.3, 0.4) is 0 Å². The first-order chi connectivity index (χ1) is 12.1. The molecular weight excluding hydrogens is 316 g/mol. The van der Waals surface area contributed by atoms with Gasteiger partial charge >= 0.3 is 0 Å². The Morgan fingerprint density at radius 3 is 2.36 bits per heavy atom. The minimum Gasteiger partial charge on any atom is -0.384 e. The van der Waals surface area contributed by atoms with Gasteiger partial charge in [0.1, 0.15) is 6.10 Å². The summed E-state index contributed by atoms with van der Waals surface area (Å²) in [5.74, 6) is -0.338. The summed E-state index contributed by atoms with van der Waals surface area (Å²) >= 11 is 0. The number of carbonyl (C=O) groups excluding carboxylic acids is 2. The van der Waals surface area contributed by atoms with Crippen LogP contribution in [0.4, 0.5) is 0 Å². The van der Waals surface area contributed by atoms with Gasteiger partial charge in [0, 0.05) is 32.3 Å². The third-order valence-electron chi connectivity index (χ3n) is 4.49. The van der Waals surface area contributed by atoms with E-state index in [0.29, 0.717) is 26.2 Å². The highest BCUT2D eigenvalue weighted by Gasteiger charge is 2.25. The molecule has 1 aliphatic rings. The van der Waals surface area contributed by atoms with Crippen molar-refractivity contribution in [3.63, 3.8) is 0 Å². The normalized spacial score (nSPS) is 16.4. The van der Waals surface area contributed by atoms with E-state index in [4.69, 9.17) is 0 Å². The minimum atomic E-state index is -0.992. The number of aliphatic hydroxyl groups is 1. The zero-order chi connectivity index (χ0) is 17.8. The van der Waals surface area contributed by atoms with Crippen LogP contribution in [0.15, 0.2) is 48.5 Å². The molecule has 2 aromatic rings. The zero-order valence-corrected chi connectivity index (χ0v) is 14.3. The Balaban J connectivity index is 1.65. The summed E-state index contributed by atoms with van der Waals surface area (Å²) < 4.78 is 0. The van der Waals surface area contributed by atoms with Crippen LogP contribution >= 0.6 is 0 Å². The third-order valence-corrected chi connectivity index (χ3v) is 4.49. The van der Waals surface area contributed by atoms with Crippen LogP contribution in [0.1, 0.15) is 12.5 Å². The maximum atomic E-state index is 12.4. The molecule has 0 bridgehead atoms. The highest BCUT2D eigenvalue weighted by molar-refractivity contribution is 5.96. The molecule has 0 saturated carbocycles. The lowest BCUT2D eigenvalue weighted by Gasteiger charge is -2.34. The van der Waals surface area contributed by atoms with Crippen molar-refractivity contribution in [3.05, 3.63) is 54.1 Å². The standard InChI is InChI=1S/C20H22N2O3/c1-15(23)20(25)22-13-11-21(12-14-22)19(24)10-9-17-7-4-6-16-5-2-3-8-18(16)17/h2-10,15,23H,11-14H2,1H3/b10-9+. The molecule has 130 valence electrons. The fourth-order valence-corrected chi connectivity index (χ4v) is 3.07. The van der Waals surface area contributed by atoms with E-state index in [-0.39, 0.29) is 11.8 Å². The van der Waals surface area contributed by atoms with Gasteiger partial charge in [0.15, 0.2) is 0 Å². The van der Waals surface area contributed by atoms with E-state index in [0.717, 1.165) is 16.3 Å². The van der Waals surface area contributed by atoms with Crippen LogP contribution in [0.5, 0.6) is 0 Å². The first kappa shape index (κ1) is 17.2. The molecule has 3 rings (SSSR count). The van der Waals surface area contributed by atoms with Crippen LogP contribution < -0.4 is 0 Å². The van der Waals surface area contributed by atoms with E-state index in [9.17, 15) is 14.7 Å². The van der Waals surface area contributed by atoms with E-state index in [2.05, 4.69) is 0 Å². The second-order valence-corrected chi connectivity index (χ2v) is 6.23. The topological polar surface area (TPSA) is 60.9 Å². The predicted octanol–water partition coefficient (Wildman–Crippen LogP) is 1.90. The molecule has 1 unspecified atom stereocenters. The lowest BCUT2D eigenvalue weighted by Crippen LogP contribution is -2.52. The van der Waals surface area contributed by atoms with Crippen LogP contribution in [-0.4, -0.2) is 59.0 Å². The van der Waals surface area contributed by atoms with Gasteiger partial charge in [0.05, 0.1) is 0 Å². The van der Waals surface area contributed by atoms with Gasteiger partial charge in [0.25, 0.3) is 5.91 Å². The van der Waals surface area contributed by atoms with E-state index < -0.39 is 6.10 Å². The molecular formula is C20H22N2O3. The van der Waals surface area contributed by atoms with Gasteiger partial charge in [-0.2, -0.15) is 0 Å². The third kappa shape index (κ3) is 3.88.